The number of carbonyl (C=O) groups excluding carboxylic acids is 1. The molecule has 20 heavy (non-hydrogen) atoms. The van der Waals surface area contributed by atoms with Crippen LogP contribution in [0.1, 0.15) is 12.0 Å². The number of carbonyl (C=O) groups is 1. The Balaban J connectivity index is 1.98. The number of hydrogen-bond acceptors (Lipinski definition) is 3. The molecule has 0 radical (unpaired) electrons. The molecule has 0 aliphatic carbocycles. The first-order chi connectivity index (χ1) is 9.63. The van der Waals surface area contributed by atoms with Gasteiger partial charge in [0.15, 0.2) is 0 Å². The zero-order valence-corrected chi connectivity index (χ0v) is 11.3. The van der Waals surface area contributed by atoms with Crippen LogP contribution in [0.5, 0.6) is 0 Å². The third-order valence-electron chi connectivity index (χ3n) is 3.16. The Morgan fingerprint density at radius 2 is 2.45 bits per heavy atom. The van der Waals surface area contributed by atoms with Crippen LogP contribution in [0.2, 0.25) is 5.02 Å². The standard InChI is InChI=1S/C12H13ClFN5O/c13-8-3-1-2-7(10(8)14)6-17-12(20)11-9(18-19-15)4-5-16-11/h1-3,9,11,16H,4-6H2,(H,17,20)/t9?,11-/m0/s1. The van der Waals surface area contributed by atoms with Crippen molar-refractivity contribution in [3.05, 3.63) is 45.0 Å². The van der Waals surface area contributed by atoms with Crippen LogP contribution in [0.3, 0.4) is 0 Å². The molecule has 0 spiro atoms. The van der Waals surface area contributed by atoms with E-state index in [1.54, 1.807) is 12.1 Å². The second kappa shape index (κ2) is 6.56. The molecule has 1 heterocycles. The lowest BCUT2D eigenvalue weighted by Crippen LogP contribution is -2.45. The molecule has 1 fully saturated rings. The van der Waals surface area contributed by atoms with Crippen LogP contribution in [-0.4, -0.2) is 24.5 Å². The van der Waals surface area contributed by atoms with E-state index in [1.807, 2.05) is 0 Å². The number of hydrogen-bond donors (Lipinski definition) is 2. The van der Waals surface area contributed by atoms with Crippen LogP contribution < -0.4 is 10.6 Å². The number of nitrogens with zero attached hydrogens (tertiary/aromatic N) is 3. The van der Waals surface area contributed by atoms with E-state index in [-0.39, 0.29) is 17.5 Å². The minimum atomic E-state index is -0.576. The summed E-state index contributed by atoms with van der Waals surface area (Å²) in [5.74, 6) is -0.861. The van der Waals surface area contributed by atoms with E-state index in [0.29, 0.717) is 18.5 Å². The van der Waals surface area contributed by atoms with Gasteiger partial charge in [-0.25, -0.2) is 4.39 Å². The first-order valence-corrected chi connectivity index (χ1v) is 6.49. The van der Waals surface area contributed by atoms with E-state index < -0.39 is 17.9 Å². The maximum Gasteiger partial charge on any atom is 0.237 e. The Kier molecular flexibility index (Phi) is 4.79. The van der Waals surface area contributed by atoms with Gasteiger partial charge in [0.2, 0.25) is 5.91 Å². The highest BCUT2D eigenvalue weighted by Gasteiger charge is 2.31. The summed E-state index contributed by atoms with van der Waals surface area (Å²) < 4.78 is 13.7. The lowest BCUT2D eigenvalue weighted by molar-refractivity contribution is -0.123. The van der Waals surface area contributed by atoms with Crippen molar-refractivity contribution in [2.45, 2.75) is 25.0 Å². The molecular formula is C12H13ClFN5O. The molecular weight excluding hydrogens is 285 g/mol. The van der Waals surface area contributed by atoms with Gasteiger partial charge in [-0.3, -0.25) is 4.79 Å². The average Bonchev–Trinajstić information content (AvgIpc) is 2.89. The monoisotopic (exact) mass is 297 g/mol. The summed E-state index contributed by atoms with van der Waals surface area (Å²) in [4.78, 5) is 14.7. The highest BCUT2D eigenvalue weighted by Crippen LogP contribution is 2.18. The predicted octanol–water partition coefficient (Wildman–Crippen LogP) is 2.14. The Morgan fingerprint density at radius 1 is 1.65 bits per heavy atom. The number of azide groups is 1. The summed E-state index contributed by atoms with van der Waals surface area (Å²) >= 11 is 5.67. The van der Waals surface area contributed by atoms with Crippen LogP contribution >= 0.6 is 11.6 Å². The van der Waals surface area contributed by atoms with Gasteiger partial charge in [-0.2, -0.15) is 0 Å². The summed E-state index contributed by atoms with van der Waals surface area (Å²) in [6, 6.07) is 3.62. The maximum atomic E-state index is 13.7. The van der Waals surface area contributed by atoms with Gasteiger partial charge in [-0.1, -0.05) is 28.8 Å². The van der Waals surface area contributed by atoms with E-state index in [4.69, 9.17) is 17.1 Å². The Hall–Kier alpha value is -1.82. The van der Waals surface area contributed by atoms with Gasteiger partial charge in [-0.15, -0.1) is 0 Å². The van der Waals surface area contributed by atoms with Crippen molar-refractivity contribution < 1.29 is 9.18 Å². The molecule has 1 amide bonds. The molecule has 1 aliphatic heterocycles. The average molecular weight is 298 g/mol. The third kappa shape index (κ3) is 3.19. The first-order valence-electron chi connectivity index (χ1n) is 6.11. The van der Waals surface area contributed by atoms with Crippen molar-refractivity contribution in [2.75, 3.05) is 6.54 Å². The Bertz CT molecular complexity index is 561. The summed E-state index contributed by atoms with van der Waals surface area (Å²) in [6.07, 6.45) is 0.605. The molecule has 2 N–H and O–H groups in total. The van der Waals surface area contributed by atoms with Crippen LogP contribution in [0, 0.1) is 5.82 Å². The summed E-state index contributed by atoms with van der Waals surface area (Å²) in [6.45, 7) is 0.639. The van der Waals surface area contributed by atoms with E-state index in [1.165, 1.54) is 6.07 Å². The van der Waals surface area contributed by atoms with Crippen molar-refractivity contribution in [1.82, 2.24) is 10.6 Å². The van der Waals surface area contributed by atoms with Gasteiger partial charge in [0.1, 0.15) is 5.82 Å². The number of rotatable bonds is 4. The molecule has 1 unspecified atom stereocenters. The van der Waals surface area contributed by atoms with E-state index >= 15 is 0 Å². The Labute approximate surface area is 119 Å². The summed E-state index contributed by atoms with van der Waals surface area (Å²) in [5, 5.41) is 9.16. The number of benzene rings is 1. The molecule has 2 rings (SSSR count). The van der Waals surface area contributed by atoms with Gasteiger partial charge >= 0.3 is 0 Å². The second-order valence-corrected chi connectivity index (χ2v) is 4.83. The van der Waals surface area contributed by atoms with Crippen molar-refractivity contribution in [3.63, 3.8) is 0 Å². The smallest absolute Gasteiger partial charge is 0.237 e. The minimum Gasteiger partial charge on any atom is -0.351 e. The fourth-order valence-electron chi connectivity index (χ4n) is 2.12. The fourth-order valence-corrected chi connectivity index (χ4v) is 2.32. The van der Waals surface area contributed by atoms with Crippen LogP contribution in [0.15, 0.2) is 23.3 Å². The van der Waals surface area contributed by atoms with Gasteiger partial charge in [0.05, 0.1) is 17.1 Å². The first kappa shape index (κ1) is 14.6. The largest absolute Gasteiger partial charge is 0.351 e. The molecule has 6 nitrogen and oxygen atoms in total. The SMILES string of the molecule is [N-]=[N+]=NC1CCN[C@@H]1C(=O)NCc1cccc(Cl)c1F. The lowest BCUT2D eigenvalue weighted by Gasteiger charge is -2.15. The molecule has 8 heteroatoms. The number of amides is 1. The third-order valence-corrected chi connectivity index (χ3v) is 3.45. The molecule has 0 saturated carbocycles. The highest BCUT2D eigenvalue weighted by molar-refractivity contribution is 6.30. The number of nitrogens with one attached hydrogen (secondary N) is 2. The number of halogens is 2. The molecule has 0 bridgehead atoms. The van der Waals surface area contributed by atoms with Crippen LogP contribution in [0.4, 0.5) is 4.39 Å². The van der Waals surface area contributed by atoms with E-state index in [9.17, 15) is 9.18 Å². The van der Waals surface area contributed by atoms with Crippen LogP contribution in [-0.2, 0) is 11.3 Å². The minimum absolute atomic E-state index is 0.0164. The van der Waals surface area contributed by atoms with Crippen molar-refractivity contribution >= 4 is 17.5 Å². The van der Waals surface area contributed by atoms with Crippen molar-refractivity contribution in [3.8, 4) is 0 Å². The quantitative estimate of drug-likeness (QED) is 0.506. The van der Waals surface area contributed by atoms with Gasteiger partial charge in [0.25, 0.3) is 0 Å². The van der Waals surface area contributed by atoms with Crippen molar-refractivity contribution in [1.29, 1.82) is 0 Å². The molecule has 1 saturated heterocycles. The van der Waals surface area contributed by atoms with E-state index in [2.05, 4.69) is 20.7 Å². The topological polar surface area (TPSA) is 89.9 Å². The molecule has 1 aromatic carbocycles. The van der Waals surface area contributed by atoms with Gasteiger partial charge in [-0.05, 0) is 24.6 Å². The summed E-state index contributed by atoms with van der Waals surface area (Å²) in [7, 11) is 0. The zero-order chi connectivity index (χ0) is 14.5. The van der Waals surface area contributed by atoms with Crippen LogP contribution in [0.25, 0.3) is 10.4 Å². The molecule has 1 aromatic rings. The second-order valence-electron chi connectivity index (χ2n) is 4.42. The molecule has 106 valence electrons. The molecule has 0 aromatic heterocycles. The Morgan fingerprint density at radius 3 is 3.20 bits per heavy atom. The van der Waals surface area contributed by atoms with Crippen molar-refractivity contribution in [2.24, 2.45) is 5.11 Å². The van der Waals surface area contributed by atoms with E-state index in [0.717, 1.165) is 0 Å². The van der Waals surface area contributed by atoms with Gasteiger partial charge in [0, 0.05) is 17.0 Å². The molecule has 1 aliphatic rings. The normalized spacial score (nSPS) is 21.3. The highest BCUT2D eigenvalue weighted by atomic mass is 35.5. The fraction of sp³-hybridized carbons (Fsp3) is 0.417. The van der Waals surface area contributed by atoms with Gasteiger partial charge < -0.3 is 10.6 Å². The summed E-state index contributed by atoms with van der Waals surface area (Å²) in [5.41, 5.74) is 8.75. The maximum absolute atomic E-state index is 13.7. The molecule has 2 atom stereocenters. The lowest BCUT2D eigenvalue weighted by atomic mass is 10.1. The predicted molar refractivity (Wildman–Crippen MR) is 72.6 cm³/mol. The zero-order valence-electron chi connectivity index (χ0n) is 10.5.